The molecule has 0 aliphatic carbocycles. The fourth-order valence-electron chi connectivity index (χ4n) is 3.63. The number of aromatic amines is 1. The first kappa shape index (κ1) is 23.5. The Kier molecular flexibility index (Phi) is 6.95. The van der Waals surface area contributed by atoms with Crippen LogP contribution in [0.5, 0.6) is 0 Å². The molecular formula is C25H26N4O4S. The number of amides is 1. The van der Waals surface area contributed by atoms with E-state index >= 15 is 0 Å². The topological polar surface area (TPSA) is 95.6 Å². The summed E-state index contributed by atoms with van der Waals surface area (Å²) < 4.78 is 32.8. The number of nitrogens with zero attached hydrogens (tertiary/aromatic N) is 3. The minimum atomic E-state index is -4.02. The summed E-state index contributed by atoms with van der Waals surface area (Å²) in [4.78, 5) is 20.1. The molecule has 0 radical (unpaired) electrons. The van der Waals surface area contributed by atoms with Gasteiger partial charge in [0.1, 0.15) is 6.61 Å². The lowest BCUT2D eigenvalue weighted by Gasteiger charge is -2.25. The summed E-state index contributed by atoms with van der Waals surface area (Å²) in [5.41, 5.74) is 4.71. The Morgan fingerprint density at radius 1 is 1.00 bits per heavy atom. The Balaban J connectivity index is 1.52. The number of nitrogens with one attached hydrogen (secondary N) is 1. The van der Waals surface area contributed by atoms with Crippen LogP contribution in [0.2, 0.25) is 0 Å². The number of hydrogen-bond donors (Lipinski definition) is 1. The Morgan fingerprint density at radius 3 is 2.44 bits per heavy atom. The van der Waals surface area contributed by atoms with Crippen molar-refractivity contribution in [2.75, 3.05) is 20.6 Å². The van der Waals surface area contributed by atoms with E-state index in [4.69, 9.17) is 4.74 Å². The average molecular weight is 479 g/mol. The number of aromatic nitrogens is 2. The maximum atomic E-state index is 12.8. The third-order valence-corrected chi connectivity index (χ3v) is 7.33. The molecule has 0 unspecified atom stereocenters. The van der Waals surface area contributed by atoms with E-state index in [-0.39, 0.29) is 13.2 Å². The van der Waals surface area contributed by atoms with Crippen LogP contribution in [0.15, 0.2) is 79.3 Å². The highest BCUT2D eigenvalue weighted by atomic mass is 32.2. The summed E-state index contributed by atoms with van der Waals surface area (Å²) in [5, 5.41) is 0.970. The van der Waals surface area contributed by atoms with Gasteiger partial charge in [-0.15, -0.1) is 0 Å². The lowest BCUT2D eigenvalue weighted by atomic mass is 10.0. The molecule has 0 fully saturated rings. The van der Waals surface area contributed by atoms with Gasteiger partial charge >= 0.3 is 16.3 Å². The number of carbonyl (C=O) groups is 1. The maximum Gasteiger partial charge on any atom is 0.424 e. The van der Waals surface area contributed by atoms with Gasteiger partial charge in [0.25, 0.3) is 0 Å². The zero-order chi connectivity index (χ0) is 24.1. The van der Waals surface area contributed by atoms with Gasteiger partial charge in [-0.25, -0.2) is 4.79 Å². The van der Waals surface area contributed by atoms with Crippen LogP contribution in [-0.4, -0.2) is 53.7 Å². The normalized spacial score (nSPS) is 11.6. The zero-order valence-corrected chi connectivity index (χ0v) is 19.8. The Morgan fingerprint density at radius 2 is 1.74 bits per heavy atom. The number of hydrogen-bond acceptors (Lipinski definition) is 5. The molecule has 2 heterocycles. The van der Waals surface area contributed by atoms with E-state index in [9.17, 15) is 13.2 Å². The molecule has 176 valence electrons. The quantitative estimate of drug-likeness (QED) is 0.409. The van der Waals surface area contributed by atoms with E-state index in [0.29, 0.717) is 6.42 Å². The lowest BCUT2D eigenvalue weighted by Crippen LogP contribution is -2.45. The molecule has 8 nitrogen and oxygen atoms in total. The monoisotopic (exact) mass is 478 g/mol. The summed E-state index contributed by atoms with van der Waals surface area (Å²) in [7, 11) is -1.24. The molecule has 0 saturated heterocycles. The molecule has 4 rings (SSSR count). The first-order valence-corrected chi connectivity index (χ1v) is 12.2. The van der Waals surface area contributed by atoms with Crippen LogP contribution < -0.4 is 0 Å². The molecule has 9 heteroatoms. The predicted molar refractivity (Wildman–Crippen MR) is 131 cm³/mol. The minimum absolute atomic E-state index is 0.00993. The maximum absolute atomic E-state index is 12.8. The number of pyridine rings is 1. The minimum Gasteiger partial charge on any atom is -0.444 e. The van der Waals surface area contributed by atoms with Crippen molar-refractivity contribution in [1.29, 1.82) is 0 Å². The highest BCUT2D eigenvalue weighted by Gasteiger charge is 2.31. The third-order valence-electron chi connectivity index (χ3n) is 5.51. The zero-order valence-electron chi connectivity index (χ0n) is 19.0. The fraction of sp³-hybridized carbons (Fsp3) is 0.200. The van der Waals surface area contributed by atoms with Crippen LogP contribution in [-0.2, 0) is 28.0 Å². The fourth-order valence-corrected chi connectivity index (χ4v) is 4.59. The molecule has 34 heavy (non-hydrogen) atoms. The van der Waals surface area contributed by atoms with Crippen LogP contribution in [0.3, 0.4) is 0 Å². The van der Waals surface area contributed by atoms with Gasteiger partial charge < -0.3 is 9.72 Å². The molecule has 2 aromatic carbocycles. The second-order valence-electron chi connectivity index (χ2n) is 7.96. The molecule has 1 amide bonds. The summed E-state index contributed by atoms with van der Waals surface area (Å²) in [6.07, 6.45) is 4.77. The molecule has 0 bridgehead atoms. The standard InChI is InChI=1S/C25H26N4O4S/c1-28(2)34(31,32)29(25(30)33-18-19-6-4-3-5-7-19)15-12-22-17-27-24-16-21(8-9-23(22)24)20-10-13-26-14-11-20/h3-11,13-14,16-17,27H,12,15,18H2,1-2H3. The van der Waals surface area contributed by atoms with Gasteiger partial charge in [0, 0.05) is 50.1 Å². The summed E-state index contributed by atoms with van der Waals surface area (Å²) in [6.45, 7) is -0.0583. The van der Waals surface area contributed by atoms with Crippen molar-refractivity contribution in [1.82, 2.24) is 18.6 Å². The molecule has 0 saturated carbocycles. The van der Waals surface area contributed by atoms with E-state index in [0.717, 1.165) is 41.8 Å². The predicted octanol–water partition coefficient (Wildman–Crippen LogP) is 4.22. The average Bonchev–Trinajstić information content (AvgIpc) is 3.26. The van der Waals surface area contributed by atoms with Gasteiger partial charge in [0.05, 0.1) is 0 Å². The van der Waals surface area contributed by atoms with E-state index in [2.05, 4.69) is 9.97 Å². The highest BCUT2D eigenvalue weighted by Crippen LogP contribution is 2.26. The van der Waals surface area contributed by atoms with Crippen LogP contribution >= 0.6 is 0 Å². The first-order valence-electron chi connectivity index (χ1n) is 10.8. The van der Waals surface area contributed by atoms with Gasteiger partial charge in [0.2, 0.25) is 0 Å². The number of carbonyl (C=O) groups excluding carboxylic acids is 1. The number of H-pyrrole nitrogens is 1. The van der Waals surface area contributed by atoms with Gasteiger partial charge in [-0.05, 0) is 46.9 Å². The van der Waals surface area contributed by atoms with E-state index in [1.807, 2.05) is 66.9 Å². The van der Waals surface area contributed by atoms with Gasteiger partial charge in [0.15, 0.2) is 0 Å². The van der Waals surface area contributed by atoms with E-state index < -0.39 is 16.3 Å². The van der Waals surface area contributed by atoms with Crippen LogP contribution in [0, 0.1) is 0 Å². The molecule has 0 atom stereocenters. The summed E-state index contributed by atoms with van der Waals surface area (Å²) >= 11 is 0. The SMILES string of the molecule is CN(C)S(=O)(=O)N(CCc1c[nH]c2cc(-c3ccncc3)ccc12)C(=O)OCc1ccccc1. The largest absolute Gasteiger partial charge is 0.444 e. The lowest BCUT2D eigenvalue weighted by molar-refractivity contribution is 0.118. The van der Waals surface area contributed by atoms with Gasteiger partial charge in [-0.3, -0.25) is 4.98 Å². The highest BCUT2D eigenvalue weighted by molar-refractivity contribution is 7.87. The molecule has 0 aliphatic heterocycles. The van der Waals surface area contributed by atoms with Gasteiger partial charge in [-0.1, -0.05) is 42.5 Å². The van der Waals surface area contributed by atoms with Crippen LogP contribution in [0.1, 0.15) is 11.1 Å². The second-order valence-corrected chi connectivity index (χ2v) is 10.0. The van der Waals surface area contributed by atoms with E-state index in [1.54, 1.807) is 12.4 Å². The van der Waals surface area contributed by atoms with Crippen LogP contribution in [0.4, 0.5) is 4.79 Å². The number of rotatable bonds is 8. The van der Waals surface area contributed by atoms with Crippen molar-refractivity contribution < 1.29 is 17.9 Å². The smallest absolute Gasteiger partial charge is 0.424 e. The van der Waals surface area contributed by atoms with Crippen molar-refractivity contribution in [3.8, 4) is 11.1 Å². The van der Waals surface area contributed by atoms with E-state index in [1.165, 1.54) is 14.1 Å². The number of ether oxygens (including phenoxy) is 1. The summed E-state index contributed by atoms with van der Waals surface area (Å²) in [5.74, 6) is 0. The molecule has 0 aliphatic rings. The summed E-state index contributed by atoms with van der Waals surface area (Å²) in [6, 6.07) is 19.1. The second kappa shape index (κ2) is 10.1. The number of benzene rings is 2. The van der Waals surface area contributed by atoms with Crippen molar-refractivity contribution in [2.45, 2.75) is 13.0 Å². The van der Waals surface area contributed by atoms with Gasteiger partial charge in [-0.2, -0.15) is 17.0 Å². The Labute approximate surface area is 199 Å². The molecule has 1 N–H and O–H groups in total. The van der Waals surface area contributed by atoms with Crippen molar-refractivity contribution >= 4 is 27.2 Å². The third kappa shape index (κ3) is 5.11. The van der Waals surface area contributed by atoms with Crippen molar-refractivity contribution in [3.05, 3.63) is 90.4 Å². The number of fused-ring (bicyclic) bond motifs is 1. The molecular weight excluding hydrogens is 452 g/mol. The van der Waals surface area contributed by atoms with Crippen LogP contribution in [0.25, 0.3) is 22.0 Å². The molecule has 4 aromatic rings. The molecule has 0 spiro atoms. The molecule has 2 aromatic heterocycles. The van der Waals surface area contributed by atoms with Crippen molar-refractivity contribution in [2.24, 2.45) is 0 Å². The Hall–Kier alpha value is -3.69. The Bertz CT molecular complexity index is 1370. The van der Waals surface area contributed by atoms with Crippen molar-refractivity contribution in [3.63, 3.8) is 0 Å². The first-order chi connectivity index (χ1) is 16.4.